The maximum absolute atomic E-state index is 12.8. The van der Waals surface area contributed by atoms with Crippen LogP contribution in [0.5, 0.6) is 0 Å². The second kappa shape index (κ2) is 13.2. The third kappa shape index (κ3) is 7.42. The minimum atomic E-state index is -1.09. The van der Waals surface area contributed by atoms with E-state index < -0.39 is 6.09 Å². The van der Waals surface area contributed by atoms with E-state index in [-0.39, 0.29) is 12.0 Å². The van der Waals surface area contributed by atoms with Crippen molar-refractivity contribution >= 4 is 23.3 Å². The number of ether oxygens (including phenoxy) is 1. The van der Waals surface area contributed by atoms with Crippen molar-refractivity contribution in [3.8, 4) is 0 Å². The number of nitrogens with one attached hydrogen (secondary N) is 1. The molecule has 2 N–H and O–H groups in total. The lowest BCUT2D eigenvalue weighted by atomic mass is 9.88. The minimum Gasteiger partial charge on any atom is -0.465 e. The summed E-state index contributed by atoms with van der Waals surface area (Å²) in [4.78, 5) is 28.3. The summed E-state index contributed by atoms with van der Waals surface area (Å²) in [5, 5.41) is 11.7. The number of hydrogen-bond acceptors (Lipinski definition) is 4. The summed E-state index contributed by atoms with van der Waals surface area (Å²) < 4.78 is 5.73. The number of rotatable bonds is 10. The van der Waals surface area contributed by atoms with Gasteiger partial charge in [-0.25, -0.2) is 4.79 Å². The highest BCUT2D eigenvalue weighted by Crippen LogP contribution is 2.33. The molecular formula is C29H39N3O4. The monoisotopic (exact) mass is 493 g/mol. The zero-order valence-corrected chi connectivity index (χ0v) is 21.9. The largest absolute Gasteiger partial charge is 0.465 e. The molecule has 1 saturated heterocycles. The van der Waals surface area contributed by atoms with E-state index >= 15 is 0 Å². The van der Waals surface area contributed by atoms with Gasteiger partial charge in [0.25, 0.3) is 5.91 Å². The number of carboxylic acid groups (broad SMARTS) is 1. The van der Waals surface area contributed by atoms with Gasteiger partial charge in [-0.2, -0.15) is 0 Å². The van der Waals surface area contributed by atoms with Crippen LogP contribution in [-0.4, -0.2) is 72.3 Å². The van der Waals surface area contributed by atoms with Crippen molar-refractivity contribution in [2.24, 2.45) is 0 Å². The molecule has 2 aromatic carbocycles. The van der Waals surface area contributed by atoms with Gasteiger partial charge in [-0.1, -0.05) is 29.8 Å². The summed E-state index contributed by atoms with van der Waals surface area (Å²) in [6.07, 6.45) is 0.999. The van der Waals surface area contributed by atoms with E-state index in [1.54, 1.807) is 6.07 Å². The highest BCUT2D eigenvalue weighted by atomic mass is 16.5. The highest BCUT2D eigenvalue weighted by molar-refractivity contribution is 5.95. The predicted octanol–water partition coefficient (Wildman–Crippen LogP) is 5.58. The predicted molar refractivity (Wildman–Crippen MR) is 145 cm³/mol. The minimum absolute atomic E-state index is 0.0327. The van der Waals surface area contributed by atoms with E-state index in [1.165, 1.54) is 5.57 Å². The molecule has 0 radical (unpaired) electrons. The topological polar surface area (TPSA) is 82.1 Å². The highest BCUT2D eigenvalue weighted by Gasteiger charge is 2.20. The molecule has 1 fully saturated rings. The smallest absolute Gasteiger partial charge is 0.409 e. The number of benzene rings is 2. The fraction of sp³-hybridized carbons (Fsp3) is 0.448. The Morgan fingerprint density at radius 2 is 1.64 bits per heavy atom. The molecule has 0 aromatic heterocycles. The van der Waals surface area contributed by atoms with Gasteiger partial charge in [-0.15, -0.1) is 0 Å². The summed E-state index contributed by atoms with van der Waals surface area (Å²) >= 11 is 0. The molecule has 7 heteroatoms. The molecule has 2 aromatic rings. The number of anilines is 1. The van der Waals surface area contributed by atoms with Gasteiger partial charge in [0.15, 0.2) is 0 Å². The first kappa shape index (κ1) is 27.4. The Morgan fingerprint density at radius 3 is 2.22 bits per heavy atom. The van der Waals surface area contributed by atoms with Crippen LogP contribution in [0.15, 0.2) is 54.1 Å². The number of nitrogens with zero attached hydrogens (tertiary/aromatic N) is 2. The van der Waals surface area contributed by atoms with Gasteiger partial charge < -0.3 is 19.6 Å². The number of hydrogen-bond donors (Lipinski definition) is 2. The van der Waals surface area contributed by atoms with Crippen LogP contribution in [-0.2, 0) is 4.74 Å². The normalized spacial score (nSPS) is 14.1. The average Bonchev–Trinajstić information content (AvgIpc) is 2.86. The molecule has 0 unspecified atom stereocenters. The van der Waals surface area contributed by atoms with Crippen molar-refractivity contribution < 1.29 is 19.4 Å². The molecule has 7 nitrogen and oxygen atoms in total. The van der Waals surface area contributed by atoms with Crippen molar-refractivity contribution in [1.29, 1.82) is 0 Å². The van der Waals surface area contributed by atoms with Gasteiger partial charge in [-0.3, -0.25) is 10.1 Å². The zero-order chi connectivity index (χ0) is 26.1. The first-order valence-electron chi connectivity index (χ1n) is 12.9. The summed E-state index contributed by atoms with van der Waals surface area (Å²) in [5.74, 6) is 0.0327. The Balaban J connectivity index is 1.91. The Kier molecular flexibility index (Phi) is 10.1. The molecule has 0 bridgehead atoms. The van der Waals surface area contributed by atoms with Crippen molar-refractivity contribution in [2.75, 3.05) is 44.6 Å². The maximum Gasteiger partial charge on any atom is 0.409 e. The van der Waals surface area contributed by atoms with Crippen LogP contribution < -0.4 is 5.32 Å². The van der Waals surface area contributed by atoms with E-state index in [9.17, 15) is 14.7 Å². The summed E-state index contributed by atoms with van der Waals surface area (Å²) in [6, 6.07) is 15.4. The Morgan fingerprint density at radius 1 is 1.00 bits per heavy atom. The van der Waals surface area contributed by atoms with E-state index in [1.807, 2.05) is 61.2 Å². The van der Waals surface area contributed by atoms with Gasteiger partial charge >= 0.3 is 6.09 Å². The third-order valence-corrected chi connectivity index (χ3v) is 6.55. The number of carbonyl (C=O) groups excluding carboxylic acids is 1. The molecule has 0 spiro atoms. The van der Waals surface area contributed by atoms with Gasteiger partial charge in [0.1, 0.15) is 0 Å². The summed E-state index contributed by atoms with van der Waals surface area (Å²) in [5.41, 5.74) is 5.67. The van der Waals surface area contributed by atoms with Crippen LogP contribution in [0.3, 0.4) is 0 Å². The third-order valence-electron chi connectivity index (χ3n) is 6.55. The van der Waals surface area contributed by atoms with Crippen LogP contribution in [0.2, 0.25) is 0 Å². The molecule has 36 heavy (non-hydrogen) atoms. The molecule has 0 aliphatic carbocycles. The van der Waals surface area contributed by atoms with E-state index in [0.717, 1.165) is 55.8 Å². The van der Waals surface area contributed by atoms with Crippen molar-refractivity contribution in [1.82, 2.24) is 9.80 Å². The Hall–Kier alpha value is -3.16. The van der Waals surface area contributed by atoms with Crippen molar-refractivity contribution in [3.63, 3.8) is 0 Å². The maximum atomic E-state index is 12.8. The molecule has 3 rings (SSSR count). The lowest BCUT2D eigenvalue weighted by Crippen LogP contribution is -2.34. The SMILES string of the molecule is CCN(CC)C(=O)c1ccc(C(=C2CCN(CCOC(C)C)CC2)c2cccc(NC(=O)O)c2)cc1. The molecular weight excluding hydrogens is 454 g/mol. The van der Waals surface area contributed by atoms with Gasteiger partial charge in [0.05, 0.1) is 12.7 Å². The van der Waals surface area contributed by atoms with E-state index in [0.29, 0.717) is 24.3 Å². The fourth-order valence-corrected chi connectivity index (χ4v) is 4.64. The lowest BCUT2D eigenvalue weighted by molar-refractivity contribution is 0.0574. The molecule has 1 aliphatic rings. The van der Waals surface area contributed by atoms with Crippen LogP contribution in [0.25, 0.3) is 5.57 Å². The second-order valence-corrected chi connectivity index (χ2v) is 9.31. The van der Waals surface area contributed by atoms with Crippen LogP contribution in [0, 0.1) is 0 Å². The van der Waals surface area contributed by atoms with Crippen molar-refractivity contribution in [2.45, 2.75) is 46.6 Å². The van der Waals surface area contributed by atoms with Crippen molar-refractivity contribution in [3.05, 3.63) is 70.8 Å². The first-order chi connectivity index (χ1) is 17.3. The lowest BCUT2D eigenvalue weighted by Gasteiger charge is -2.30. The zero-order valence-electron chi connectivity index (χ0n) is 21.9. The molecule has 0 atom stereocenters. The Bertz CT molecular complexity index is 1050. The number of carbonyl (C=O) groups is 2. The summed E-state index contributed by atoms with van der Waals surface area (Å²) in [6.45, 7) is 13.0. The standard InChI is InChI=1S/C29H39N3O4/c1-5-32(6-2)28(33)24-12-10-22(11-13-24)27(25-8-7-9-26(20-25)30-29(34)35)23-14-16-31(17-15-23)18-19-36-21(3)4/h7-13,20-21,30H,5-6,14-19H2,1-4H3,(H,34,35). The molecule has 2 amide bonds. The number of piperidine rings is 1. The van der Waals surface area contributed by atoms with E-state index in [4.69, 9.17) is 4.74 Å². The summed E-state index contributed by atoms with van der Waals surface area (Å²) in [7, 11) is 0. The van der Waals surface area contributed by atoms with Crippen LogP contribution in [0.4, 0.5) is 10.5 Å². The quantitative estimate of drug-likeness (QED) is 0.451. The number of likely N-dealkylation sites (tertiary alicyclic amines) is 1. The first-order valence-corrected chi connectivity index (χ1v) is 12.9. The van der Waals surface area contributed by atoms with Crippen LogP contribution >= 0.6 is 0 Å². The molecule has 1 heterocycles. The van der Waals surface area contributed by atoms with Gasteiger partial charge in [-0.05, 0) is 81.5 Å². The Labute approximate surface area is 214 Å². The van der Waals surface area contributed by atoms with Crippen LogP contribution in [0.1, 0.15) is 62.0 Å². The molecule has 194 valence electrons. The number of amides is 2. The fourth-order valence-electron chi connectivity index (χ4n) is 4.64. The average molecular weight is 494 g/mol. The molecule has 1 aliphatic heterocycles. The van der Waals surface area contributed by atoms with Gasteiger partial charge in [0, 0.05) is 44.0 Å². The second-order valence-electron chi connectivity index (χ2n) is 9.31. The van der Waals surface area contributed by atoms with Gasteiger partial charge in [0.2, 0.25) is 0 Å². The molecule has 0 saturated carbocycles. The van der Waals surface area contributed by atoms with E-state index in [2.05, 4.69) is 24.1 Å².